The van der Waals surface area contributed by atoms with Crippen LogP contribution in [0.25, 0.3) is 22.3 Å². The Morgan fingerprint density at radius 1 is 1.11 bits per heavy atom. The van der Waals surface area contributed by atoms with E-state index in [2.05, 4.69) is 12.1 Å². The minimum absolute atomic E-state index is 0. The third kappa shape index (κ3) is 4.22. The fourth-order valence-corrected chi connectivity index (χ4v) is 3.18. The van der Waals surface area contributed by atoms with Crippen molar-refractivity contribution in [3.63, 3.8) is 0 Å². The summed E-state index contributed by atoms with van der Waals surface area (Å²) in [7, 11) is 0. The van der Waals surface area contributed by atoms with Gasteiger partial charge in [0.05, 0.1) is 31.9 Å². The fraction of sp³-hybridized carbons (Fsp3) is 0.250. The summed E-state index contributed by atoms with van der Waals surface area (Å²) in [5, 5.41) is 10.7. The molecule has 3 aromatic rings. The van der Waals surface area contributed by atoms with Crippen LogP contribution >= 0.6 is 0 Å². The Morgan fingerprint density at radius 2 is 1.78 bits per heavy atom. The van der Waals surface area contributed by atoms with Gasteiger partial charge in [0.2, 0.25) is 5.88 Å². The second-order valence-electron chi connectivity index (χ2n) is 6.08. The molecule has 0 fully saturated rings. The van der Waals surface area contributed by atoms with Crippen molar-refractivity contribution >= 4 is 0 Å². The predicted molar refractivity (Wildman–Crippen MR) is 94.5 cm³/mol. The van der Waals surface area contributed by atoms with Crippen LogP contribution in [0.2, 0.25) is 0 Å². The second-order valence-corrected chi connectivity index (χ2v) is 6.08. The molecule has 1 aromatic heterocycles. The first-order chi connectivity index (χ1) is 12.2. The summed E-state index contributed by atoms with van der Waals surface area (Å²) < 4.78 is 8.53. The summed E-state index contributed by atoms with van der Waals surface area (Å²) in [6.07, 6.45) is 0. The summed E-state index contributed by atoms with van der Waals surface area (Å²) in [4.78, 5) is 12.9. The number of aromatic nitrogens is 2. The largest absolute Gasteiger partial charge is 0.493 e. The van der Waals surface area contributed by atoms with Crippen LogP contribution in [0.15, 0.2) is 41.2 Å². The minimum atomic E-state index is -0.215. The molecule has 0 saturated heterocycles. The molecule has 0 bridgehead atoms. The fourth-order valence-electron chi connectivity index (χ4n) is 3.18. The molecule has 2 aromatic carbocycles. The zero-order valence-corrected chi connectivity index (χ0v) is 20.7. The zero-order chi connectivity index (χ0) is 17.4. The zero-order valence-electron chi connectivity index (χ0n) is 14.9. The van der Waals surface area contributed by atoms with Crippen LogP contribution in [0, 0.1) is 19.1 Å². The van der Waals surface area contributed by atoms with Crippen LogP contribution in [-0.4, -0.2) is 27.7 Å². The van der Waals surface area contributed by atoms with E-state index in [1.807, 2.05) is 43.3 Å². The molecule has 0 saturated carbocycles. The normalized spacial score (nSPS) is 13.1. The van der Waals surface area contributed by atoms with E-state index >= 15 is 0 Å². The molecular weight excluding hydrogens is 589 g/mol. The topological polar surface area (TPSA) is 56.4 Å². The number of aryl methyl sites for hydroxylation is 1. The summed E-state index contributed by atoms with van der Waals surface area (Å²) in [6, 6.07) is 18.1. The van der Waals surface area contributed by atoms with Gasteiger partial charge >= 0.3 is 0 Å². The maximum Gasteiger partial charge on any atom is 0.275 e. The minimum Gasteiger partial charge on any atom is -0.493 e. The Morgan fingerprint density at radius 3 is 2.48 bits per heavy atom. The summed E-state index contributed by atoms with van der Waals surface area (Å²) >= 11 is 0. The van der Waals surface area contributed by atoms with E-state index in [9.17, 15) is 9.90 Å². The van der Waals surface area contributed by atoms with Crippen molar-refractivity contribution in [2.24, 2.45) is 0 Å². The van der Waals surface area contributed by atoms with Crippen LogP contribution in [0.3, 0.4) is 0 Å². The molecule has 137 valence electrons. The quantitative estimate of drug-likeness (QED) is 0.457. The monoisotopic (exact) mass is 607 g/mol. The SMILES string of the molecule is Cc1c[c-]c(-c2ccccc2)[c-]c1-c1c(O)n2n(c1=O)CCOCC2.[W].[Y]. The van der Waals surface area contributed by atoms with Gasteiger partial charge < -0.3 is 9.84 Å². The van der Waals surface area contributed by atoms with Gasteiger partial charge in [-0.15, -0.1) is 19.1 Å². The molecule has 27 heavy (non-hydrogen) atoms. The third-order valence-corrected chi connectivity index (χ3v) is 4.49. The van der Waals surface area contributed by atoms with Crippen LogP contribution in [0.1, 0.15) is 5.56 Å². The first-order valence-electron chi connectivity index (χ1n) is 8.27. The van der Waals surface area contributed by atoms with Gasteiger partial charge in [-0.3, -0.25) is 22.5 Å². The first kappa shape index (κ1) is 22.3. The first-order valence-corrected chi connectivity index (χ1v) is 8.27. The molecule has 1 radical (unpaired) electrons. The number of fused-ring (bicyclic) bond motifs is 1. The molecule has 2 heterocycles. The van der Waals surface area contributed by atoms with Crippen molar-refractivity contribution in [2.45, 2.75) is 20.0 Å². The number of ether oxygens (including phenoxy) is 1. The van der Waals surface area contributed by atoms with Crippen LogP contribution in [-0.2, 0) is 71.6 Å². The van der Waals surface area contributed by atoms with Gasteiger partial charge in [-0.05, 0) is 0 Å². The Labute approximate surface area is 197 Å². The van der Waals surface area contributed by atoms with E-state index in [-0.39, 0.29) is 65.2 Å². The molecule has 7 heteroatoms. The molecule has 1 aliphatic heterocycles. The Balaban J connectivity index is 0.00000131. The molecular formula is C20H18N2O3WY-2. The van der Waals surface area contributed by atoms with Gasteiger partial charge in [0, 0.05) is 53.8 Å². The number of benzene rings is 2. The Hall–Kier alpha value is -0.998. The number of nitrogens with zero attached hydrogens (tertiary/aromatic N) is 2. The van der Waals surface area contributed by atoms with Gasteiger partial charge in [-0.2, -0.15) is 11.1 Å². The molecule has 5 nitrogen and oxygen atoms in total. The Bertz CT molecular complexity index is 983. The van der Waals surface area contributed by atoms with E-state index in [0.717, 1.165) is 16.7 Å². The molecule has 0 atom stereocenters. The van der Waals surface area contributed by atoms with Gasteiger partial charge in [-0.25, -0.2) is 21.0 Å². The van der Waals surface area contributed by atoms with E-state index in [1.165, 1.54) is 0 Å². The van der Waals surface area contributed by atoms with E-state index in [1.54, 1.807) is 9.36 Å². The average Bonchev–Trinajstić information content (AvgIpc) is 2.81. The van der Waals surface area contributed by atoms with Crippen LogP contribution in [0.5, 0.6) is 5.88 Å². The molecule has 0 aliphatic carbocycles. The molecule has 1 aliphatic rings. The van der Waals surface area contributed by atoms with Crippen LogP contribution in [0.4, 0.5) is 0 Å². The Kier molecular flexibility index (Phi) is 7.82. The van der Waals surface area contributed by atoms with Crippen molar-refractivity contribution in [1.29, 1.82) is 0 Å². The molecule has 0 spiro atoms. The second kappa shape index (κ2) is 9.47. The van der Waals surface area contributed by atoms with Gasteiger partial charge in [0.25, 0.3) is 5.56 Å². The van der Waals surface area contributed by atoms with Crippen molar-refractivity contribution in [1.82, 2.24) is 9.36 Å². The number of rotatable bonds is 2. The summed E-state index contributed by atoms with van der Waals surface area (Å²) in [5.41, 5.74) is 3.30. The maximum absolute atomic E-state index is 12.9. The maximum atomic E-state index is 12.9. The smallest absolute Gasteiger partial charge is 0.275 e. The third-order valence-electron chi connectivity index (χ3n) is 4.49. The van der Waals surface area contributed by atoms with E-state index in [0.29, 0.717) is 37.4 Å². The molecule has 0 amide bonds. The number of hydrogen-bond donors (Lipinski definition) is 1. The van der Waals surface area contributed by atoms with Gasteiger partial charge in [0.15, 0.2) is 0 Å². The van der Waals surface area contributed by atoms with Crippen molar-refractivity contribution < 1.29 is 63.6 Å². The van der Waals surface area contributed by atoms with Gasteiger partial charge in [0.1, 0.15) is 0 Å². The van der Waals surface area contributed by atoms with E-state index < -0.39 is 0 Å². The molecule has 1 N–H and O–H groups in total. The van der Waals surface area contributed by atoms with Crippen LogP contribution < -0.4 is 5.56 Å². The number of hydrogen-bond acceptors (Lipinski definition) is 3. The van der Waals surface area contributed by atoms with Crippen molar-refractivity contribution in [3.8, 4) is 28.1 Å². The van der Waals surface area contributed by atoms with Crippen molar-refractivity contribution in [3.05, 3.63) is 64.4 Å². The van der Waals surface area contributed by atoms with Gasteiger partial charge in [-0.1, -0.05) is 18.2 Å². The van der Waals surface area contributed by atoms with E-state index in [4.69, 9.17) is 4.74 Å². The predicted octanol–water partition coefficient (Wildman–Crippen LogP) is 2.62. The average molecular weight is 607 g/mol. The summed E-state index contributed by atoms with van der Waals surface area (Å²) in [5.74, 6) is -0.0277. The van der Waals surface area contributed by atoms with Crippen molar-refractivity contribution in [2.75, 3.05) is 13.2 Å². The number of aromatic hydroxyl groups is 1. The summed E-state index contributed by atoms with van der Waals surface area (Å²) in [6.45, 7) is 3.71. The molecule has 0 unspecified atom stereocenters. The molecule has 4 rings (SSSR count). The standard InChI is InChI=1S/C20H18N2O3.W.Y/c1-14-7-8-16(15-5-3-2-4-6-15)13-17(14)18-19(23)21-9-11-25-12-10-22(21)20(18)24;;/h2-7,23H,9-12H2,1H3;;/q-2;;.